The molecule has 0 aliphatic rings. The van der Waals surface area contributed by atoms with Crippen molar-refractivity contribution in [3.05, 3.63) is 63.4 Å². The van der Waals surface area contributed by atoms with Gasteiger partial charge in [-0.05, 0) is 31.2 Å². The fraction of sp³-hybridized carbons (Fsp3) is 0.214. The Morgan fingerprint density at radius 3 is 2.70 bits per heavy atom. The molecule has 0 amide bonds. The van der Waals surface area contributed by atoms with E-state index in [-0.39, 0.29) is 18.0 Å². The molecule has 0 fully saturated rings. The monoisotopic (exact) mass is 316 g/mol. The third-order valence-electron chi connectivity index (χ3n) is 2.97. The molecule has 0 saturated carbocycles. The van der Waals surface area contributed by atoms with E-state index in [1.54, 1.807) is 13.1 Å². The number of benzene rings is 1. The lowest BCUT2D eigenvalue weighted by molar-refractivity contribution is 0.485. The molecule has 2 nitrogen and oxygen atoms in total. The average molecular weight is 317 g/mol. The molecule has 1 aromatic heterocycles. The van der Waals surface area contributed by atoms with Gasteiger partial charge in [0, 0.05) is 6.20 Å². The number of rotatable bonds is 4. The number of pyridine rings is 1. The molecule has 0 bridgehead atoms. The zero-order valence-electron chi connectivity index (χ0n) is 10.6. The highest BCUT2D eigenvalue weighted by Gasteiger charge is 2.18. The highest BCUT2D eigenvalue weighted by Crippen LogP contribution is 2.27. The normalized spacial score (nSPS) is 12.4. The highest BCUT2D eigenvalue weighted by atomic mass is 35.5. The molecule has 106 valence electrons. The summed E-state index contributed by atoms with van der Waals surface area (Å²) < 4.78 is 26.9. The van der Waals surface area contributed by atoms with Crippen molar-refractivity contribution in [2.75, 3.05) is 7.05 Å². The van der Waals surface area contributed by atoms with Crippen LogP contribution in [0.1, 0.15) is 17.3 Å². The number of halogens is 4. The Hall–Kier alpha value is -1.23. The van der Waals surface area contributed by atoms with Gasteiger partial charge < -0.3 is 5.32 Å². The van der Waals surface area contributed by atoms with Gasteiger partial charge in [-0.15, -0.1) is 0 Å². The van der Waals surface area contributed by atoms with E-state index in [1.165, 1.54) is 18.3 Å². The van der Waals surface area contributed by atoms with Crippen molar-refractivity contribution in [2.24, 2.45) is 0 Å². The Labute approximate surface area is 125 Å². The molecule has 1 aromatic carbocycles. The summed E-state index contributed by atoms with van der Waals surface area (Å²) in [6, 6.07) is 5.32. The number of aromatic nitrogens is 1. The largest absolute Gasteiger partial charge is 0.311 e. The number of nitrogens with zero attached hydrogens (tertiary/aromatic N) is 1. The van der Waals surface area contributed by atoms with Gasteiger partial charge in [-0.3, -0.25) is 4.98 Å². The molecule has 1 N–H and O–H groups in total. The van der Waals surface area contributed by atoms with Crippen LogP contribution in [0.25, 0.3) is 0 Å². The first-order valence-electron chi connectivity index (χ1n) is 5.94. The molecule has 1 heterocycles. The van der Waals surface area contributed by atoms with Gasteiger partial charge in [0.1, 0.15) is 0 Å². The van der Waals surface area contributed by atoms with Gasteiger partial charge in [-0.2, -0.15) is 0 Å². The maximum Gasteiger partial charge on any atom is 0.162 e. The third-order valence-corrected chi connectivity index (χ3v) is 3.48. The predicted molar refractivity (Wildman–Crippen MR) is 76.1 cm³/mol. The standard InChI is InChI=1S/C14H12Cl2F2N2/c1-19-12(14-10(16)6-9(15)7-20-14)5-8-3-2-4-11(17)13(8)18/h2-4,6-7,12,19H,5H2,1H3. The van der Waals surface area contributed by atoms with Crippen LogP contribution in [0.15, 0.2) is 30.5 Å². The molecule has 0 aliphatic carbocycles. The minimum absolute atomic E-state index is 0.231. The van der Waals surface area contributed by atoms with E-state index < -0.39 is 11.6 Å². The van der Waals surface area contributed by atoms with E-state index >= 15 is 0 Å². The first-order chi connectivity index (χ1) is 9.52. The van der Waals surface area contributed by atoms with Crippen LogP contribution in [-0.4, -0.2) is 12.0 Å². The molecule has 0 spiro atoms. The van der Waals surface area contributed by atoms with Crippen LogP contribution in [0.5, 0.6) is 0 Å². The highest BCUT2D eigenvalue weighted by molar-refractivity contribution is 6.34. The first-order valence-corrected chi connectivity index (χ1v) is 6.69. The molecule has 0 radical (unpaired) electrons. The van der Waals surface area contributed by atoms with E-state index in [1.807, 2.05) is 0 Å². The minimum Gasteiger partial charge on any atom is -0.311 e. The molecule has 1 unspecified atom stereocenters. The summed E-state index contributed by atoms with van der Waals surface area (Å²) in [5.74, 6) is -1.72. The van der Waals surface area contributed by atoms with Gasteiger partial charge in [0.05, 0.1) is 21.8 Å². The molecule has 1 atom stereocenters. The van der Waals surface area contributed by atoms with Crippen molar-refractivity contribution in [3.63, 3.8) is 0 Å². The molecule has 0 saturated heterocycles. The summed E-state index contributed by atoms with van der Waals surface area (Å²) in [7, 11) is 1.70. The van der Waals surface area contributed by atoms with Gasteiger partial charge in [-0.25, -0.2) is 8.78 Å². The van der Waals surface area contributed by atoms with Gasteiger partial charge in [0.25, 0.3) is 0 Å². The van der Waals surface area contributed by atoms with E-state index in [2.05, 4.69) is 10.3 Å². The molecule has 6 heteroatoms. The van der Waals surface area contributed by atoms with Crippen LogP contribution in [-0.2, 0) is 6.42 Å². The summed E-state index contributed by atoms with van der Waals surface area (Å²) in [4.78, 5) is 4.15. The summed E-state index contributed by atoms with van der Waals surface area (Å²) in [6.45, 7) is 0. The summed E-state index contributed by atoms with van der Waals surface area (Å²) in [6.07, 6.45) is 1.70. The fourth-order valence-corrected chi connectivity index (χ4v) is 2.45. The Kier molecular flexibility index (Phi) is 4.91. The van der Waals surface area contributed by atoms with Crippen molar-refractivity contribution in [1.29, 1.82) is 0 Å². The van der Waals surface area contributed by atoms with Crippen LogP contribution in [0, 0.1) is 11.6 Å². The van der Waals surface area contributed by atoms with Crippen molar-refractivity contribution < 1.29 is 8.78 Å². The van der Waals surface area contributed by atoms with Crippen LogP contribution in [0.4, 0.5) is 8.78 Å². The molecule has 2 aromatic rings. The number of likely N-dealkylation sites (N-methyl/N-ethyl adjacent to an activating group) is 1. The first kappa shape index (κ1) is 15.2. The zero-order chi connectivity index (χ0) is 14.7. The predicted octanol–water partition coefficient (Wildman–Crippen LogP) is 4.17. The van der Waals surface area contributed by atoms with Crippen molar-refractivity contribution >= 4 is 23.2 Å². The molecule has 2 rings (SSSR count). The van der Waals surface area contributed by atoms with Crippen LogP contribution in [0.2, 0.25) is 10.0 Å². The summed E-state index contributed by atoms with van der Waals surface area (Å²) >= 11 is 11.9. The van der Waals surface area contributed by atoms with E-state index in [0.29, 0.717) is 15.7 Å². The van der Waals surface area contributed by atoms with E-state index in [4.69, 9.17) is 23.2 Å². The lowest BCUT2D eigenvalue weighted by Crippen LogP contribution is -2.21. The number of hydrogen-bond acceptors (Lipinski definition) is 2. The smallest absolute Gasteiger partial charge is 0.162 e. The lowest BCUT2D eigenvalue weighted by atomic mass is 10.0. The van der Waals surface area contributed by atoms with Crippen LogP contribution in [0.3, 0.4) is 0 Å². The SMILES string of the molecule is CNC(Cc1cccc(F)c1F)c1ncc(Cl)cc1Cl. The van der Waals surface area contributed by atoms with Crippen molar-refractivity contribution in [2.45, 2.75) is 12.5 Å². The second-order valence-corrected chi connectivity index (χ2v) is 5.12. The Bertz CT molecular complexity index is 620. The van der Waals surface area contributed by atoms with Gasteiger partial charge in [0.2, 0.25) is 0 Å². The van der Waals surface area contributed by atoms with Gasteiger partial charge >= 0.3 is 0 Å². The topological polar surface area (TPSA) is 24.9 Å². The van der Waals surface area contributed by atoms with Crippen molar-refractivity contribution in [1.82, 2.24) is 10.3 Å². The number of hydrogen-bond donors (Lipinski definition) is 1. The third kappa shape index (κ3) is 3.26. The lowest BCUT2D eigenvalue weighted by Gasteiger charge is -2.17. The maximum atomic E-state index is 13.7. The van der Waals surface area contributed by atoms with Gasteiger partial charge in [0.15, 0.2) is 11.6 Å². The molecular weight excluding hydrogens is 305 g/mol. The van der Waals surface area contributed by atoms with Crippen LogP contribution < -0.4 is 5.32 Å². The minimum atomic E-state index is -0.868. The zero-order valence-corrected chi connectivity index (χ0v) is 12.1. The summed E-state index contributed by atoms with van der Waals surface area (Å²) in [5.41, 5.74) is 0.805. The van der Waals surface area contributed by atoms with Gasteiger partial charge in [-0.1, -0.05) is 35.3 Å². The molecular formula is C14H12Cl2F2N2. The molecule has 20 heavy (non-hydrogen) atoms. The van der Waals surface area contributed by atoms with Crippen molar-refractivity contribution in [3.8, 4) is 0 Å². The Morgan fingerprint density at radius 2 is 2.05 bits per heavy atom. The quantitative estimate of drug-likeness (QED) is 0.915. The Morgan fingerprint density at radius 1 is 1.30 bits per heavy atom. The molecule has 0 aliphatic heterocycles. The second-order valence-electron chi connectivity index (χ2n) is 4.28. The average Bonchev–Trinajstić information content (AvgIpc) is 2.41. The maximum absolute atomic E-state index is 13.7. The number of nitrogens with one attached hydrogen (secondary N) is 1. The fourth-order valence-electron chi connectivity index (χ4n) is 1.94. The van der Waals surface area contributed by atoms with E-state index in [9.17, 15) is 8.78 Å². The van der Waals surface area contributed by atoms with E-state index in [0.717, 1.165) is 6.07 Å². The Balaban J connectivity index is 2.31. The summed E-state index contributed by atoms with van der Waals surface area (Å²) in [5, 5.41) is 3.80. The second kappa shape index (κ2) is 6.48. The van der Waals surface area contributed by atoms with Crippen LogP contribution >= 0.6 is 23.2 Å².